The van der Waals surface area contributed by atoms with Crippen molar-refractivity contribution in [1.82, 2.24) is 4.31 Å². The normalized spacial score (nSPS) is 15.4. The quantitative estimate of drug-likeness (QED) is 0.716. The van der Waals surface area contributed by atoms with Gasteiger partial charge in [0.2, 0.25) is 10.0 Å². The fraction of sp³-hybridized carbons (Fsp3) is 0.400. The molecule has 0 amide bonds. The van der Waals surface area contributed by atoms with Gasteiger partial charge in [0.1, 0.15) is 10.6 Å². The highest BCUT2D eigenvalue weighted by Crippen LogP contribution is 2.32. The molecule has 0 saturated carbocycles. The number of hydrogen-bond donors (Lipinski definition) is 1. The van der Waals surface area contributed by atoms with Crippen LogP contribution in [0.3, 0.4) is 0 Å². The minimum absolute atomic E-state index is 0.0255. The first kappa shape index (κ1) is 21.6. The van der Waals surface area contributed by atoms with Crippen molar-refractivity contribution in [2.75, 3.05) is 24.4 Å². The lowest BCUT2D eigenvalue weighted by molar-refractivity contribution is 0.330. The minimum Gasteiger partial charge on any atom is -0.492 e. The van der Waals surface area contributed by atoms with E-state index >= 15 is 0 Å². The van der Waals surface area contributed by atoms with E-state index in [0.29, 0.717) is 25.3 Å². The summed E-state index contributed by atoms with van der Waals surface area (Å²) in [5, 5.41) is 0. The van der Waals surface area contributed by atoms with E-state index in [0.717, 1.165) is 18.4 Å². The summed E-state index contributed by atoms with van der Waals surface area (Å²) in [4.78, 5) is 0.137. The Hall–Kier alpha value is -2.10. The Kier molecular flexibility index (Phi) is 6.21. The van der Waals surface area contributed by atoms with Gasteiger partial charge in [-0.15, -0.1) is 0 Å². The van der Waals surface area contributed by atoms with E-state index in [9.17, 15) is 16.8 Å². The van der Waals surface area contributed by atoms with E-state index in [-0.39, 0.29) is 21.2 Å². The summed E-state index contributed by atoms with van der Waals surface area (Å²) in [7, 11) is -7.65. The molecule has 0 aliphatic carbocycles. The number of hydrogen-bond acceptors (Lipinski definition) is 5. The van der Waals surface area contributed by atoms with Gasteiger partial charge in [-0.1, -0.05) is 12.1 Å². The van der Waals surface area contributed by atoms with Crippen LogP contribution >= 0.6 is 0 Å². The molecule has 0 spiro atoms. The molecule has 0 radical (unpaired) electrons. The van der Waals surface area contributed by atoms with Crippen molar-refractivity contribution >= 4 is 25.7 Å². The maximum Gasteiger partial charge on any atom is 0.262 e. The molecule has 1 N–H and O–H groups in total. The lowest BCUT2D eigenvalue weighted by Crippen LogP contribution is -2.28. The Bertz CT molecular complexity index is 1110. The Balaban J connectivity index is 2.02. The van der Waals surface area contributed by atoms with Gasteiger partial charge >= 0.3 is 0 Å². The van der Waals surface area contributed by atoms with Gasteiger partial charge in [0.25, 0.3) is 10.0 Å². The highest BCUT2D eigenvalue weighted by atomic mass is 32.2. The van der Waals surface area contributed by atoms with Gasteiger partial charge in [-0.25, -0.2) is 16.8 Å². The van der Waals surface area contributed by atoms with E-state index in [4.69, 9.17) is 4.74 Å². The second-order valence-corrected chi connectivity index (χ2v) is 10.6. The zero-order chi connectivity index (χ0) is 21.2. The number of nitrogens with zero attached hydrogens (tertiary/aromatic N) is 1. The number of aryl methyl sites for hydroxylation is 2. The fourth-order valence-electron chi connectivity index (χ4n) is 3.32. The van der Waals surface area contributed by atoms with E-state index in [2.05, 4.69) is 4.72 Å². The summed E-state index contributed by atoms with van der Waals surface area (Å²) < 4.78 is 61.4. The molecule has 0 unspecified atom stereocenters. The van der Waals surface area contributed by atoms with Crippen LogP contribution in [-0.4, -0.2) is 40.8 Å². The molecule has 9 heteroatoms. The second kappa shape index (κ2) is 8.33. The third-order valence-electron chi connectivity index (χ3n) is 4.81. The number of sulfonamides is 2. The summed E-state index contributed by atoms with van der Waals surface area (Å²) in [5.41, 5.74) is 1.60. The van der Waals surface area contributed by atoms with E-state index in [1.54, 1.807) is 26.0 Å². The molecule has 1 fully saturated rings. The topological polar surface area (TPSA) is 92.8 Å². The fourth-order valence-corrected chi connectivity index (χ4v) is 6.38. The van der Waals surface area contributed by atoms with E-state index in [1.165, 1.54) is 22.5 Å². The summed E-state index contributed by atoms with van der Waals surface area (Å²) in [6.07, 6.45) is 1.62. The average Bonchev–Trinajstić information content (AvgIpc) is 3.20. The van der Waals surface area contributed by atoms with Gasteiger partial charge in [-0.05, 0) is 69.0 Å². The van der Waals surface area contributed by atoms with Crippen LogP contribution < -0.4 is 9.46 Å². The Labute approximate surface area is 172 Å². The first-order chi connectivity index (χ1) is 13.6. The summed E-state index contributed by atoms with van der Waals surface area (Å²) >= 11 is 0. The third-order valence-corrected chi connectivity index (χ3v) is 8.25. The zero-order valence-corrected chi connectivity index (χ0v) is 18.4. The van der Waals surface area contributed by atoms with Crippen molar-refractivity contribution in [3.8, 4) is 5.75 Å². The van der Waals surface area contributed by atoms with Crippen LogP contribution in [0.15, 0.2) is 46.2 Å². The number of anilines is 1. The maximum absolute atomic E-state index is 13.1. The Morgan fingerprint density at radius 2 is 1.66 bits per heavy atom. The zero-order valence-electron chi connectivity index (χ0n) is 16.8. The summed E-state index contributed by atoms with van der Waals surface area (Å²) in [6.45, 7) is 6.50. The van der Waals surface area contributed by atoms with Crippen molar-refractivity contribution in [3.63, 3.8) is 0 Å². The molecule has 1 heterocycles. The molecular formula is C20H26N2O5S2. The predicted molar refractivity (Wildman–Crippen MR) is 112 cm³/mol. The van der Waals surface area contributed by atoms with Crippen LogP contribution in [-0.2, 0) is 20.0 Å². The van der Waals surface area contributed by atoms with Crippen LogP contribution in [0.2, 0.25) is 0 Å². The van der Waals surface area contributed by atoms with Crippen molar-refractivity contribution in [3.05, 3.63) is 47.5 Å². The van der Waals surface area contributed by atoms with Crippen molar-refractivity contribution < 1.29 is 21.6 Å². The van der Waals surface area contributed by atoms with Crippen molar-refractivity contribution in [2.24, 2.45) is 0 Å². The van der Waals surface area contributed by atoms with Crippen LogP contribution in [0.4, 0.5) is 5.69 Å². The molecular weight excluding hydrogens is 412 g/mol. The predicted octanol–water partition coefficient (Wildman–Crippen LogP) is 3.29. The van der Waals surface area contributed by atoms with Gasteiger partial charge in [0, 0.05) is 13.1 Å². The highest BCUT2D eigenvalue weighted by molar-refractivity contribution is 7.92. The molecule has 158 valence electrons. The molecule has 2 aromatic rings. The molecule has 0 bridgehead atoms. The first-order valence-electron chi connectivity index (χ1n) is 9.52. The van der Waals surface area contributed by atoms with E-state index in [1.807, 2.05) is 13.0 Å². The number of benzene rings is 2. The van der Waals surface area contributed by atoms with Gasteiger partial charge in [-0.2, -0.15) is 4.31 Å². The number of nitrogens with one attached hydrogen (secondary N) is 1. The maximum atomic E-state index is 13.1. The van der Waals surface area contributed by atoms with Gasteiger partial charge in [0.15, 0.2) is 0 Å². The molecule has 0 aromatic heterocycles. The lowest BCUT2D eigenvalue weighted by Gasteiger charge is -2.19. The molecule has 1 saturated heterocycles. The van der Waals surface area contributed by atoms with Gasteiger partial charge in [-0.3, -0.25) is 4.72 Å². The second-order valence-electron chi connectivity index (χ2n) is 7.08. The Morgan fingerprint density at radius 3 is 2.31 bits per heavy atom. The number of rotatable bonds is 7. The molecule has 1 aliphatic heterocycles. The largest absolute Gasteiger partial charge is 0.492 e. The highest BCUT2D eigenvalue weighted by Gasteiger charge is 2.30. The van der Waals surface area contributed by atoms with Crippen LogP contribution in [0.5, 0.6) is 5.75 Å². The average molecular weight is 439 g/mol. The molecule has 0 atom stereocenters. The number of ether oxygens (including phenoxy) is 1. The molecule has 29 heavy (non-hydrogen) atoms. The first-order valence-corrected chi connectivity index (χ1v) is 12.4. The van der Waals surface area contributed by atoms with Crippen LogP contribution in [0, 0.1) is 13.8 Å². The smallest absolute Gasteiger partial charge is 0.262 e. The van der Waals surface area contributed by atoms with Gasteiger partial charge < -0.3 is 4.74 Å². The summed E-state index contributed by atoms with van der Waals surface area (Å²) in [5.74, 6) is 0.217. The van der Waals surface area contributed by atoms with Crippen LogP contribution in [0.25, 0.3) is 0 Å². The van der Waals surface area contributed by atoms with Crippen molar-refractivity contribution in [1.29, 1.82) is 0 Å². The minimum atomic E-state index is -3.87. The lowest BCUT2D eigenvalue weighted by atomic mass is 10.2. The summed E-state index contributed by atoms with van der Waals surface area (Å²) in [6, 6.07) is 9.51. The van der Waals surface area contributed by atoms with E-state index < -0.39 is 20.0 Å². The SMILES string of the molecule is CCOc1ccc(NS(=O)(=O)c2cc(C)ccc2C)cc1S(=O)(=O)N1CCCC1. The molecule has 1 aliphatic rings. The Morgan fingerprint density at radius 1 is 0.966 bits per heavy atom. The molecule has 3 rings (SSSR count). The standard InChI is InChI=1S/C20H26N2O5S2/c1-4-27-18-10-9-17(14-20(18)29(25,26)22-11-5-6-12-22)21-28(23,24)19-13-15(2)7-8-16(19)3/h7-10,13-14,21H,4-6,11-12H2,1-3H3. The molecule has 2 aromatic carbocycles. The molecule has 7 nitrogen and oxygen atoms in total. The van der Waals surface area contributed by atoms with Crippen molar-refractivity contribution in [2.45, 2.75) is 43.4 Å². The monoisotopic (exact) mass is 438 g/mol. The van der Waals surface area contributed by atoms with Gasteiger partial charge in [0.05, 0.1) is 17.2 Å². The third kappa shape index (κ3) is 4.57. The van der Waals surface area contributed by atoms with Crippen LogP contribution in [0.1, 0.15) is 30.9 Å².